The lowest BCUT2D eigenvalue weighted by atomic mass is 10.2. The molecule has 1 aromatic rings. The first-order valence-corrected chi connectivity index (χ1v) is 7.43. The van der Waals surface area contributed by atoms with Crippen molar-refractivity contribution in [2.45, 2.75) is 24.4 Å². The van der Waals surface area contributed by atoms with Crippen LogP contribution in [0.5, 0.6) is 0 Å². The van der Waals surface area contributed by atoms with Gasteiger partial charge < -0.3 is 5.11 Å². The number of benzene rings is 1. The molecule has 0 spiro atoms. The topological polar surface area (TPSA) is 74.7 Å². The quantitative estimate of drug-likeness (QED) is 0.870. The number of rotatable bonds is 6. The molecule has 1 N–H and O–H groups in total. The maximum Gasteiger partial charge on any atom is 0.417 e. The van der Waals surface area contributed by atoms with E-state index in [1.165, 1.54) is 0 Å². The van der Waals surface area contributed by atoms with Gasteiger partial charge in [-0.3, -0.25) is 4.79 Å². The molecule has 5 nitrogen and oxygen atoms in total. The van der Waals surface area contributed by atoms with Crippen LogP contribution in [0.15, 0.2) is 29.2 Å². The van der Waals surface area contributed by atoms with E-state index < -0.39 is 39.2 Å². The first-order chi connectivity index (χ1) is 9.60. The van der Waals surface area contributed by atoms with Gasteiger partial charge in [0.15, 0.2) is 0 Å². The molecule has 0 fully saturated rings. The molecule has 0 radical (unpaired) electrons. The monoisotopic (exact) mass is 325 g/mol. The molecule has 0 unspecified atom stereocenters. The summed E-state index contributed by atoms with van der Waals surface area (Å²) in [5, 5.41) is 8.72. The standard InChI is InChI=1S/C12H14F3NO4S/c1-2-7-16(8-11(17)18)21(19,20)10-6-4-3-5-9(10)12(13,14)15/h3-6H,2,7-8H2,1H3,(H,17,18). The number of alkyl halides is 3. The van der Waals surface area contributed by atoms with Crippen LogP contribution in [-0.2, 0) is 21.0 Å². The zero-order chi connectivity index (χ0) is 16.3. The van der Waals surface area contributed by atoms with Crippen molar-refractivity contribution in [3.8, 4) is 0 Å². The molecule has 9 heteroatoms. The molecule has 0 aliphatic rings. The average molecular weight is 325 g/mol. The summed E-state index contributed by atoms with van der Waals surface area (Å²) in [4.78, 5) is 9.78. The Morgan fingerprint density at radius 3 is 2.33 bits per heavy atom. The molecule has 0 amide bonds. The third kappa shape index (κ3) is 4.18. The van der Waals surface area contributed by atoms with E-state index in [1.54, 1.807) is 6.92 Å². The summed E-state index contributed by atoms with van der Waals surface area (Å²) in [5.41, 5.74) is -1.31. The van der Waals surface area contributed by atoms with Crippen LogP contribution < -0.4 is 0 Å². The van der Waals surface area contributed by atoms with Gasteiger partial charge >= 0.3 is 12.1 Å². The fourth-order valence-electron chi connectivity index (χ4n) is 1.75. The number of sulfonamides is 1. The first kappa shape index (κ1) is 17.4. The summed E-state index contributed by atoms with van der Waals surface area (Å²) in [6, 6.07) is 3.71. The summed E-state index contributed by atoms with van der Waals surface area (Å²) in [7, 11) is -4.54. The predicted octanol–water partition coefficient (Wildman–Crippen LogP) is 2.19. The molecule has 1 aromatic carbocycles. The highest BCUT2D eigenvalue weighted by Crippen LogP contribution is 2.35. The Morgan fingerprint density at radius 2 is 1.86 bits per heavy atom. The van der Waals surface area contributed by atoms with Gasteiger partial charge in [0, 0.05) is 6.54 Å². The number of hydrogen-bond acceptors (Lipinski definition) is 3. The van der Waals surface area contributed by atoms with Crippen molar-refractivity contribution in [1.82, 2.24) is 4.31 Å². The summed E-state index contributed by atoms with van der Waals surface area (Å²) in [5.74, 6) is -1.43. The lowest BCUT2D eigenvalue weighted by Crippen LogP contribution is -2.37. The molecule has 118 valence electrons. The molecule has 0 aromatic heterocycles. The maximum atomic E-state index is 12.9. The number of nitrogens with zero attached hydrogens (tertiary/aromatic N) is 1. The van der Waals surface area contributed by atoms with Crippen molar-refractivity contribution in [1.29, 1.82) is 0 Å². The smallest absolute Gasteiger partial charge is 0.417 e. The predicted molar refractivity (Wildman–Crippen MR) is 68.1 cm³/mol. The van der Waals surface area contributed by atoms with Crippen LogP contribution >= 0.6 is 0 Å². The minimum atomic E-state index is -4.84. The van der Waals surface area contributed by atoms with Gasteiger partial charge in [-0.25, -0.2) is 8.42 Å². The molecule has 0 heterocycles. The number of hydrogen-bond donors (Lipinski definition) is 1. The second-order valence-corrected chi connectivity index (χ2v) is 6.13. The van der Waals surface area contributed by atoms with Crippen LogP contribution in [0.25, 0.3) is 0 Å². The van der Waals surface area contributed by atoms with E-state index >= 15 is 0 Å². The molecule has 0 aliphatic carbocycles. The largest absolute Gasteiger partial charge is 0.480 e. The lowest BCUT2D eigenvalue weighted by Gasteiger charge is -2.22. The van der Waals surface area contributed by atoms with Crippen LogP contribution in [0.3, 0.4) is 0 Å². The summed E-state index contributed by atoms with van der Waals surface area (Å²) >= 11 is 0. The average Bonchev–Trinajstić information content (AvgIpc) is 2.36. The fourth-order valence-corrected chi connectivity index (χ4v) is 3.44. The first-order valence-electron chi connectivity index (χ1n) is 5.99. The van der Waals surface area contributed by atoms with Crippen LogP contribution in [0.2, 0.25) is 0 Å². The summed E-state index contributed by atoms with van der Waals surface area (Å²) in [6.45, 7) is 0.531. The Balaban J connectivity index is 3.38. The Kier molecular flexibility index (Phi) is 5.35. The third-order valence-electron chi connectivity index (χ3n) is 2.59. The molecular formula is C12H14F3NO4S. The van der Waals surface area contributed by atoms with Crippen LogP contribution in [0, 0.1) is 0 Å². The van der Waals surface area contributed by atoms with Gasteiger partial charge in [0.25, 0.3) is 0 Å². The number of halogens is 3. The minimum absolute atomic E-state index is 0.180. The van der Waals surface area contributed by atoms with Gasteiger partial charge in [0.2, 0.25) is 10.0 Å². The molecule has 0 saturated carbocycles. The Labute approximate surface area is 120 Å². The van der Waals surface area contributed by atoms with Gasteiger partial charge in [-0.05, 0) is 18.6 Å². The highest BCUT2D eigenvalue weighted by atomic mass is 32.2. The summed E-state index contributed by atoms with van der Waals surface area (Å²) < 4.78 is 63.8. The van der Waals surface area contributed by atoms with E-state index in [-0.39, 0.29) is 13.0 Å². The van der Waals surface area contributed by atoms with Crippen LogP contribution in [-0.4, -0.2) is 36.9 Å². The highest BCUT2D eigenvalue weighted by Gasteiger charge is 2.39. The van der Waals surface area contributed by atoms with E-state index in [9.17, 15) is 26.4 Å². The van der Waals surface area contributed by atoms with E-state index in [0.29, 0.717) is 10.4 Å². The number of carboxylic acids is 1. The van der Waals surface area contributed by atoms with Gasteiger partial charge in [-0.2, -0.15) is 17.5 Å². The second kappa shape index (κ2) is 6.44. The van der Waals surface area contributed by atoms with Crippen molar-refractivity contribution in [3.63, 3.8) is 0 Å². The van der Waals surface area contributed by atoms with Crippen molar-refractivity contribution in [2.24, 2.45) is 0 Å². The molecule has 0 aliphatic heterocycles. The highest BCUT2D eigenvalue weighted by molar-refractivity contribution is 7.89. The van der Waals surface area contributed by atoms with Gasteiger partial charge in [-0.15, -0.1) is 0 Å². The number of aliphatic carboxylic acids is 1. The third-order valence-corrected chi connectivity index (χ3v) is 4.50. The molecule has 0 bridgehead atoms. The Hall–Kier alpha value is -1.61. The van der Waals surface area contributed by atoms with Gasteiger partial charge in [0.05, 0.1) is 10.5 Å². The normalized spacial score (nSPS) is 12.6. The maximum absolute atomic E-state index is 12.9. The minimum Gasteiger partial charge on any atom is -0.480 e. The van der Waals surface area contributed by atoms with Crippen LogP contribution in [0.4, 0.5) is 13.2 Å². The van der Waals surface area contributed by atoms with E-state index in [1.807, 2.05) is 0 Å². The number of carboxylic acid groups (broad SMARTS) is 1. The van der Waals surface area contributed by atoms with Crippen molar-refractivity contribution >= 4 is 16.0 Å². The zero-order valence-electron chi connectivity index (χ0n) is 11.1. The van der Waals surface area contributed by atoms with E-state index in [0.717, 1.165) is 18.2 Å². The van der Waals surface area contributed by atoms with E-state index in [2.05, 4.69) is 0 Å². The van der Waals surface area contributed by atoms with Crippen molar-refractivity contribution in [3.05, 3.63) is 29.8 Å². The molecule has 0 saturated heterocycles. The molecule has 21 heavy (non-hydrogen) atoms. The fraction of sp³-hybridized carbons (Fsp3) is 0.417. The summed E-state index contributed by atoms with van der Waals surface area (Å²) in [6.07, 6.45) is -4.56. The van der Waals surface area contributed by atoms with Crippen molar-refractivity contribution in [2.75, 3.05) is 13.1 Å². The molecule has 0 atom stereocenters. The second-order valence-electron chi connectivity index (χ2n) is 4.23. The van der Waals surface area contributed by atoms with Crippen LogP contribution in [0.1, 0.15) is 18.9 Å². The number of carbonyl (C=O) groups is 1. The van der Waals surface area contributed by atoms with Crippen molar-refractivity contribution < 1.29 is 31.5 Å². The molecule has 1 rings (SSSR count). The molecular weight excluding hydrogens is 311 g/mol. The lowest BCUT2D eigenvalue weighted by molar-refractivity contribution is -0.140. The SMILES string of the molecule is CCCN(CC(=O)O)S(=O)(=O)c1ccccc1C(F)(F)F. The van der Waals surface area contributed by atoms with Gasteiger partial charge in [0.1, 0.15) is 6.54 Å². The Bertz CT molecular complexity index is 613. The van der Waals surface area contributed by atoms with E-state index in [4.69, 9.17) is 5.11 Å². The zero-order valence-corrected chi connectivity index (χ0v) is 11.9. The Morgan fingerprint density at radius 1 is 1.29 bits per heavy atom. The van der Waals surface area contributed by atoms with Gasteiger partial charge in [-0.1, -0.05) is 19.1 Å².